The van der Waals surface area contributed by atoms with Gasteiger partial charge in [-0.05, 0) is 62.1 Å². The maximum Gasteiger partial charge on any atom is 0.00701 e. The molecule has 1 heteroatoms. The van der Waals surface area contributed by atoms with Crippen molar-refractivity contribution >= 4 is 0 Å². The van der Waals surface area contributed by atoms with E-state index in [1.165, 1.54) is 51.4 Å². The van der Waals surface area contributed by atoms with E-state index in [2.05, 4.69) is 43.4 Å². The van der Waals surface area contributed by atoms with Gasteiger partial charge in [-0.15, -0.1) is 0 Å². The molecule has 1 aromatic carbocycles. The van der Waals surface area contributed by atoms with Gasteiger partial charge in [0.05, 0.1) is 0 Å². The smallest absolute Gasteiger partial charge is 0.00701 e. The molecule has 1 unspecified atom stereocenters. The van der Waals surface area contributed by atoms with Crippen LogP contribution in [0.4, 0.5) is 0 Å². The number of benzene rings is 1. The van der Waals surface area contributed by atoms with E-state index in [0.29, 0.717) is 6.04 Å². The molecule has 1 fully saturated rings. The third-order valence-corrected chi connectivity index (χ3v) is 4.68. The Morgan fingerprint density at radius 2 is 1.90 bits per heavy atom. The highest BCUT2D eigenvalue weighted by atomic mass is 14.9. The van der Waals surface area contributed by atoms with Crippen molar-refractivity contribution in [1.82, 2.24) is 5.32 Å². The number of nitrogens with one attached hydrogen (secondary N) is 1. The van der Waals surface area contributed by atoms with Gasteiger partial charge in [-0.2, -0.15) is 0 Å². The van der Waals surface area contributed by atoms with Crippen LogP contribution in [-0.4, -0.2) is 12.6 Å². The number of hydrogen-bond acceptors (Lipinski definition) is 1. The molecule has 1 N–H and O–H groups in total. The van der Waals surface area contributed by atoms with Crippen molar-refractivity contribution in [1.29, 1.82) is 0 Å². The molecule has 2 rings (SSSR count). The Kier molecular flexibility index (Phi) is 6.59. The summed E-state index contributed by atoms with van der Waals surface area (Å²) in [7, 11) is 0. The SMILES string of the molecule is CCCNC(CCC)CCc1ccccc1C1CCC1. The average molecular weight is 273 g/mol. The van der Waals surface area contributed by atoms with Crippen molar-refractivity contribution in [2.24, 2.45) is 0 Å². The van der Waals surface area contributed by atoms with Crippen LogP contribution < -0.4 is 5.32 Å². The zero-order valence-electron chi connectivity index (χ0n) is 13.3. The monoisotopic (exact) mass is 273 g/mol. The van der Waals surface area contributed by atoms with E-state index in [4.69, 9.17) is 0 Å². The molecule has 112 valence electrons. The molecule has 0 aromatic heterocycles. The second-order valence-corrected chi connectivity index (χ2v) is 6.31. The zero-order valence-corrected chi connectivity index (χ0v) is 13.3. The highest BCUT2D eigenvalue weighted by molar-refractivity contribution is 5.31. The molecule has 0 heterocycles. The molecule has 1 aliphatic carbocycles. The first-order valence-corrected chi connectivity index (χ1v) is 8.66. The topological polar surface area (TPSA) is 12.0 Å². The molecule has 0 spiro atoms. The fourth-order valence-corrected chi connectivity index (χ4v) is 3.25. The van der Waals surface area contributed by atoms with E-state index in [9.17, 15) is 0 Å². The van der Waals surface area contributed by atoms with Crippen LogP contribution in [0.1, 0.15) is 75.8 Å². The van der Waals surface area contributed by atoms with Crippen molar-refractivity contribution in [3.05, 3.63) is 35.4 Å². The lowest BCUT2D eigenvalue weighted by Crippen LogP contribution is -2.30. The minimum Gasteiger partial charge on any atom is -0.314 e. The van der Waals surface area contributed by atoms with Crippen LogP contribution in [0.15, 0.2) is 24.3 Å². The predicted octanol–water partition coefficient (Wildman–Crippen LogP) is 5.06. The molecule has 1 nitrogen and oxygen atoms in total. The second-order valence-electron chi connectivity index (χ2n) is 6.31. The summed E-state index contributed by atoms with van der Waals surface area (Å²) in [4.78, 5) is 0. The van der Waals surface area contributed by atoms with Gasteiger partial charge in [-0.1, -0.05) is 51.0 Å². The fourth-order valence-electron chi connectivity index (χ4n) is 3.25. The lowest BCUT2D eigenvalue weighted by atomic mass is 9.77. The summed E-state index contributed by atoms with van der Waals surface area (Å²) in [5.41, 5.74) is 3.25. The van der Waals surface area contributed by atoms with Crippen LogP contribution in [0.3, 0.4) is 0 Å². The van der Waals surface area contributed by atoms with Gasteiger partial charge < -0.3 is 5.32 Å². The maximum atomic E-state index is 3.72. The largest absolute Gasteiger partial charge is 0.314 e. The number of rotatable bonds is 9. The van der Waals surface area contributed by atoms with Crippen molar-refractivity contribution in [2.45, 2.75) is 77.2 Å². The summed E-state index contributed by atoms with van der Waals surface area (Å²) < 4.78 is 0. The molecule has 0 bridgehead atoms. The highest BCUT2D eigenvalue weighted by Crippen LogP contribution is 2.38. The molecule has 0 aliphatic heterocycles. The summed E-state index contributed by atoms with van der Waals surface area (Å²) in [5, 5.41) is 3.72. The predicted molar refractivity (Wildman–Crippen MR) is 88.3 cm³/mol. The normalized spacial score (nSPS) is 16.9. The van der Waals surface area contributed by atoms with Gasteiger partial charge >= 0.3 is 0 Å². The van der Waals surface area contributed by atoms with Crippen LogP contribution >= 0.6 is 0 Å². The van der Waals surface area contributed by atoms with Crippen LogP contribution in [0.25, 0.3) is 0 Å². The van der Waals surface area contributed by atoms with Crippen molar-refractivity contribution in [3.63, 3.8) is 0 Å². The Balaban J connectivity index is 1.91. The first-order valence-electron chi connectivity index (χ1n) is 8.66. The van der Waals surface area contributed by atoms with Crippen LogP contribution in [0.2, 0.25) is 0 Å². The molecular formula is C19H31N. The summed E-state index contributed by atoms with van der Waals surface area (Å²) in [6.45, 7) is 5.71. The molecule has 0 saturated heterocycles. The van der Waals surface area contributed by atoms with Gasteiger partial charge in [0.25, 0.3) is 0 Å². The third-order valence-electron chi connectivity index (χ3n) is 4.68. The summed E-state index contributed by atoms with van der Waals surface area (Å²) in [5.74, 6) is 0.861. The number of hydrogen-bond donors (Lipinski definition) is 1. The molecule has 0 radical (unpaired) electrons. The first-order chi connectivity index (χ1) is 9.85. The summed E-state index contributed by atoms with van der Waals surface area (Å²) >= 11 is 0. The van der Waals surface area contributed by atoms with Crippen LogP contribution in [-0.2, 0) is 6.42 Å². The van der Waals surface area contributed by atoms with E-state index in [0.717, 1.165) is 12.5 Å². The zero-order chi connectivity index (χ0) is 14.2. The van der Waals surface area contributed by atoms with E-state index in [-0.39, 0.29) is 0 Å². The Bertz CT molecular complexity index is 381. The van der Waals surface area contributed by atoms with E-state index < -0.39 is 0 Å². The highest BCUT2D eigenvalue weighted by Gasteiger charge is 2.21. The quantitative estimate of drug-likeness (QED) is 0.663. The number of aryl methyl sites for hydroxylation is 1. The Morgan fingerprint density at radius 1 is 1.10 bits per heavy atom. The van der Waals surface area contributed by atoms with Crippen molar-refractivity contribution < 1.29 is 0 Å². The van der Waals surface area contributed by atoms with Gasteiger partial charge in [0.2, 0.25) is 0 Å². The van der Waals surface area contributed by atoms with Gasteiger partial charge in [0, 0.05) is 6.04 Å². The fraction of sp³-hybridized carbons (Fsp3) is 0.684. The van der Waals surface area contributed by atoms with Gasteiger partial charge in [0.1, 0.15) is 0 Å². The third kappa shape index (κ3) is 4.34. The van der Waals surface area contributed by atoms with E-state index >= 15 is 0 Å². The Labute approximate surface area is 125 Å². The molecule has 20 heavy (non-hydrogen) atoms. The lowest BCUT2D eigenvalue weighted by Gasteiger charge is -2.28. The van der Waals surface area contributed by atoms with E-state index in [1.54, 1.807) is 11.1 Å². The first kappa shape index (κ1) is 15.6. The molecule has 1 aliphatic rings. The Hall–Kier alpha value is -0.820. The molecule has 1 saturated carbocycles. The van der Waals surface area contributed by atoms with E-state index in [1.807, 2.05) is 0 Å². The van der Waals surface area contributed by atoms with Crippen LogP contribution in [0, 0.1) is 0 Å². The van der Waals surface area contributed by atoms with Crippen molar-refractivity contribution in [2.75, 3.05) is 6.54 Å². The average Bonchev–Trinajstić information content (AvgIpc) is 2.41. The van der Waals surface area contributed by atoms with Crippen molar-refractivity contribution in [3.8, 4) is 0 Å². The second kappa shape index (κ2) is 8.46. The maximum absolute atomic E-state index is 3.72. The van der Waals surface area contributed by atoms with Crippen LogP contribution in [0.5, 0.6) is 0 Å². The lowest BCUT2D eigenvalue weighted by molar-refractivity contribution is 0.413. The Morgan fingerprint density at radius 3 is 2.55 bits per heavy atom. The molecular weight excluding hydrogens is 242 g/mol. The minimum absolute atomic E-state index is 0.703. The van der Waals surface area contributed by atoms with Gasteiger partial charge in [-0.3, -0.25) is 0 Å². The summed E-state index contributed by atoms with van der Waals surface area (Å²) in [6, 6.07) is 9.86. The molecule has 1 aromatic rings. The summed E-state index contributed by atoms with van der Waals surface area (Å²) in [6.07, 6.45) is 10.6. The molecule has 1 atom stereocenters. The van der Waals surface area contributed by atoms with Gasteiger partial charge in [-0.25, -0.2) is 0 Å². The minimum atomic E-state index is 0.703. The van der Waals surface area contributed by atoms with Gasteiger partial charge in [0.15, 0.2) is 0 Å². The molecule has 0 amide bonds. The standard InChI is InChI=1S/C19H31N/c1-3-8-18(20-15-4-2)14-13-17-9-5-6-12-19(17)16-10-7-11-16/h5-6,9,12,16,18,20H,3-4,7-8,10-11,13-15H2,1-2H3.